The maximum absolute atomic E-state index is 11.8. The second-order valence-corrected chi connectivity index (χ2v) is 8.05. The fourth-order valence-electron chi connectivity index (χ4n) is 2.82. The predicted molar refractivity (Wildman–Crippen MR) is 83.8 cm³/mol. The molecule has 1 saturated heterocycles. The summed E-state index contributed by atoms with van der Waals surface area (Å²) in [6.07, 6.45) is 5.12. The first-order valence-corrected chi connectivity index (χ1v) is 9.23. The first kappa shape index (κ1) is 15.3. The highest BCUT2D eigenvalue weighted by Crippen LogP contribution is 2.28. The van der Waals surface area contributed by atoms with Crippen molar-refractivity contribution in [3.63, 3.8) is 0 Å². The average molecular weight is 320 g/mol. The van der Waals surface area contributed by atoms with Crippen molar-refractivity contribution in [3.05, 3.63) is 23.9 Å². The minimum atomic E-state index is -3.08. The lowest BCUT2D eigenvalue weighted by molar-refractivity contribution is 0.400. The number of nitriles is 1. The topological polar surface area (TPSA) is 86.1 Å². The normalized spacial score (nSPS) is 19.9. The Bertz CT molecular complexity index is 671. The molecule has 1 N–H and O–H groups in total. The number of sulfonamides is 1. The molecule has 1 aromatic rings. The number of nitrogens with one attached hydrogen (secondary N) is 1. The van der Waals surface area contributed by atoms with Crippen LogP contribution in [0.5, 0.6) is 0 Å². The van der Waals surface area contributed by atoms with E-state index in [1.165, 1.54) is 0 Å². The van der Waals surface area contributed by atoms with E-state index in [-0.39, 0.29) is 5.25 Å². The van der Waals surface area contributed by atoms with Crippen molar-refractivity contribution < 1.29 is 8.42 Å². The Hall–Kier alpha value is -1.65. The van der Waals surface area contributed by atoms with Gasteiger partial charge >= 0.3 is 0 Å². The monoisotopic (exact) mass is 320 g/mol. The predicted octanol–water partition coefficient (Wildman–Crippen LogP) is 1.25. The molecule has 0 spiro atoms. The summed E-state index contributed by atoms with van der Waals surface area (Å²) in [5, 5.41) is 8.99. The van der Waals surface area contributed by atoms with Gasteiger partial charge in [-0.1, -0.05) is 0 Å². The van der Waals surface area contributed by atoms with Crippen LogP contribution in [-0.2, 0) is 10.0 Å². The van der Waals surface area contributed by atoms with E-state index in [1.54, 1.807) is 18.3 Å². The van der Waals surface area contributed by atoms with E-state index in [1.807, 2.05) is 0 Å². The zero-order valence-corrected chi connectivity index (χ0v) is 13.2. The van der Waals surface area contributed by atoms with E-state index < -0.39 is 10.0 Å². The number of nitrogens with zero attached hydrogens (tertiary/aromatic N) is 3. The van der Waals surface area contributed by atoms with Crippen molar-refractivity contribution in [2.24, 2.45) is 5.92 Å². The Morgan fingerprint density at radius 2 is 2.05 bits per heavy atom. The summed E-state index contributed by atoms with van der Waals surface area (Å²) in [4.78, 5) is 6.42. The van der Waals surface area contributed by atoms with E-state index in [9.17, 15) is 8.42 Å². The zero-order valence-electron chi connectivity index (χ0n) is 12.4. The minimum absolute atomic E-state index is 0.153. The Morgan fingerprint density at radius 3 is 2.68 bits per heavy atom. The Balaban J connectivity index is 1.53. The molecule has 7 heteroatoms. The van der Waals surface area contributed by atoms with Crippen molar-refractivity contribution >= 4 is 15.8 Å². The number of hydrogen-bond donors (Lipinski definition) is 1. The highest BCUT2D eigenvalue weighted by atomic mass is 32.2. The number of anilines is 1. The lowest BCUT2D eigenvalue weighted by Gasteiger charge is -2.33. The number of hydrogen-bond acceptors (Lipinski definition) is 5. The highest BCUT2D eigenvalue weighted by molar-refractivity contribution is 7.90. The van der Waals surface area contributed by atoms with Gasteiger partial charge in [0.1, 0.15) is 11.9 Å². The Labute approximate surface area is 131 Å². The van der Waals surface area contributed by atoms with Crippen LogP contribution in [0.3, 0.4) is 0 Å². The fraction of sp³-hybridized carbons (Fsp3) is 0.600. The SMILES string of the molecule is N#Cc1cccnc1N1CCC(CNS(=O)(=O)C2CC2)CC1. The molecule has 0 bridgehead atoms. The molecule has 1 aliphatic heterocycles. The molecule has 1 saturated carbocycles. The van der Waals surface area contributed by atoms with Crippen molar-refractivity contribution in [1.82, 2.24) is 9.71 Å². The molecule has 3 rings (SSSR count). The van der Waals surface area contributed by atoms with Crippen molar-refractivity contribution in [2.75, 3.05) is 24.5 Å². The van der Waals surface area contributed by atoms with Gasteiger partial charge in [0, 0.05) is 25.8 Å². The van der Waals surface area contributed by atoms with Crippen molar-refractivity contribution in [3.8, 4) is 6.07 Å². The molecule has 118 valence electrons. The third-order valence-electron chi connectivity index (χ3n) is 4.36. The average Bonchev–Trinajstić information content (AvgIpc) is 3.39. The first-order valence-electron chi connectivity index (χ1n) is 7.68. The van der Waals surface area contributed by atoms with Crippen LogP contribution in [0.25, 0.3) is 0 Å². The third kappa shape index (κ3) is 3.39. The summed E-state index contributed by atoms with van der Waals surface area (Å²) in [6.45, 7) is 2.14. The van der Waals surface area contributed by atoms with Crippen LogP contribution in [0, 0.1) is 17.2 Å². The molecule has 22 heavy (non-hydrogen) atoms. The Kier molecular flexibility index (Phi) is 4.32. The zero-order chi connectivity index (χ0) is 15.6. The summed E-state index contributed by atoms with van der Waals surface area (Å²) < 4.78 is 26.4. The molecule has 0 atom stereocenters. The van der Waals surface area contributed by atoms with Gasteiger partial charge in [-0.2, -0.15) is 5.26 Å². The molecule has 1 aliphatic carbocycles. The lowest BCUT2D eigenvalue weighted by Crippen LogP contribution is -2.40. The fourth-order valence-corrected chi connectivity index (χ4v) is 4.28. The molecule has 0 aromatic carbocycles. The van der Waals surface area contributed by atoms with Gasteiger partial charge < -0.3 is 4.90 Å². The van der Waals surface area contributed by atoms with Crippen LogP contribution in [0.2, 0.25) is 0 Å². The summed E-state index contributed by atoms with van der Waals surface area (Å²) in [7, 11) is -3.08. The van der Waals surface area contributed by atoms with Crippen molar-refractivity contribution in [2.45, 2.75) is 30.9 Å². The van der Waals surface area contributed by atoms with Crippen molar-refractivity contribution in [1.29, 1.82) is 5.26 Å². The molecular formula is C15H20N4O2S. The van der Waals surface area contributed by atoms with Crippen LogP contribution in [-0.4, -0.2) is 38.3 Å². The summed E-state index contributed by atoms with van der Waals surface area (Å²) in [6, 6.07) is 5.71. The smallest absolute Gasteiger partial charge is 0.214 e. The number of aromatic nitrogens is 1. The molecular weight excluding hydrogens is 300 g/mol. The van der Waals surface area contributed by atoms with Crippen LogP contribution < -0.4 is 9.62 Å². The maximum Gasteiger partial charge on any atom is 0.214 e. The largest absolute Gasteiger partial charge is 0.356 e. The third-order valence-corrected chi connectivity index (χ3v) is 6.28. The van der Waals surface area contributed by atoms with E-state index in [2.05, 4.69) is 20.7 Å². The van der Waals surface area contributed by atoms with Gasteiger partial charge in [-0.3, -0.25) is 0 Å². The second-order valence-electron chi connectivity index (χ2n) is 6.01. The van der Waals surface area contributed by atoms with Gasteiger partial charge in [0.15, 0.2) is 0 Å². The van der Waals surface area contributed by atoms with Crippen LogP contribution in [0.1, 0.15) is 31.2 Å². The number of piperidine rings is 1. The van der Waals surface area contributed by atoms with E-state index in [4.69, 9.17) is 5.26 Å². The van der Waals surface area contributed by atoms with Crippen LogP contribution in [0.15, 0.2) is 18.3 Å². The molecule has 2 aliphatic rings. The molecule has 1 aromatic heterocycles. The molecule has 0 radical (unpaired) electrons. The lowest BCUT2D eigenvalue weighted by atomic mass is 9.97. The van der Waals surface area contributed by atoms with Gasteiger partial charge in [-0.05, 0) is 43.7 Å². The van der Waals surface area contributed by atoms with Crippen LogP contribution in [0.4, 0.5) is 5.82 Å². The minimum Gasteiger partial charge on any atom is -0.356 e. The summed E-state index contributed by atoms with van der Waals surface area (Å²) in [5.74, 6) is 1.10. The molecule has 6 nitrogen and oxygen atoms in total. The summed E-state index contributed by atoms with van der Waals surface area (Å²) >= 11 is 0. The standard InChI is InChI=1S/C15H20N4O2S/c16-10-13-2-1-7-17-15(13)19-8-5-12(6-9-19)11-18-22(20,21)14-3-4-14/h1-2,7,12,14,18H,3-6,8-9,11H2. The quantitative estimate of drug-likeness (QED) is 0.882. The van der Waals surface area contributed by atoms with Gasteiger partial charge in [-0.25, -0.2) is 18.1 Å². The van der Waals surface area contributed by atoms with E-state index in [0.717, 1.165) is 44.6 Å². The van der Waals surface area contributed by atoms with Crippen LogP contribution >= 0.6 is 0 Å². The molecule has 2 fully saturated rings. The van der Waals surface area contributed by atoms with Gasteiger partial charge in [0.05, 0.1) is 10.8 Å². The van der Waals surface area contributed by atoms with Gasteiger partial charge in [0.2, 0.25) is 10.0 Å². The highest BCUT2D eigenvalue weighted by Gasteiger charge is 2.36. The second kappa shape index (κ2) is 6.23. The maximum atomic E-state index is 11.8. The van der Waals surface area contributed by atoms with E-state index >= 15 is 0 Å². The first-order chi connectivity index (χ1) is 10.6. The molecule has 0 amide bonds. The van der Waals surface area contributed by atoms with E-state index in [0.29, 0.717) is 18.0 Å². The number of pyridine rings is 1. The molecule has 0 unspecified atom stereocenters. The van der Waals surface area contributed by atoms with Gasteiger partial charge in [0.25, 0.3) is 0 Å². The van der Waals surface area contributed by atoms with Gasteiger partial charge in [-0.15, -0.1) is 0 Å². The number of rotatable bonds is 5. The molecule has 2 heterocycles. The summed E-state index contributed by atoms with van der Waals surface area (Å²) in [5.41, 5.74) is 0.593. The Morgan fingerprint density at radius 1 is 1.32 bits per heavy atom.